The molecule has 0 aliphatic carbocycles. The Balaban J connectivity index is 2.75. The van der Waals surface area contributed by atoms with Crippen LogP contribution < -0.4 is 0 Å². The molecule has 1 heterocycles. The Bertz CT molecular complexity index is 462. The van der Waals surface area contributed by atoms with Gasteiger partial charge >= 0.3 is 5.97 Å². The molecular formula is C12H21NO5S2. The molecule has 1 saturated heterocycles. The summed E-state index contributed by atoms with van der Waals surface area (Å²) in [6.45, 7) is 3.67. The Kier molecular flexibility index (Phi) is 6.32. The van der Waals surface area contributed by atoms with Gasteiger partial charge in [0.1, 0.15) is 5.37 Å². The van der Waals surface area contributed by atoms with E-state index < -0.39 is 21.2 Å². The van der Waals surface area contributed by atoms with Gasteiger partial charge in [0.15, 0.2) is 9.84 Å². The van der Waals surface area contributed by atoms with Crippen molar-refractivity contribution in [2.45, 2.75) is 32.1 Å². The molecule has 1 rings (SSSR count). The summed E-state index contributed by atoms with van der Waals surface area (Å²) in [5.74, 6) is -0.380. The maximum absolute atomic E-state index is 12.2. The Morgan fingerprint density at radius 3 is 2.60 bits per heavy atom. The summed E-state index contributed by atoms with van der Waals surface area (Å²) in [5, 5.41) is 7.93. The lowest BCUT2D eigenvalue weighted by atomic mass is 10.0. The SMILES string of the molecule is CCS(=O)(=O)C1CSCCN1C(=O)CC(C)CC(=O)O. The molecule has 6 nitrogen and oxygen atoms in total. The molecule has 1 aliphatic rings. The first-order valence-corrected chi connectivity index (χ1v) is 9.45. The lowest BCUT2D eigenvalue weighted by Gasteiger charge is -2.35. The maximum atomic E-state index is 12.2. The summed E-state index contributed by atoms with van der Waals surface area (Å²) in [6, 6.07) is 0. The molecule has 0 aromatic heterocycles. The fourth-order valence-corrected chi connectivity index (χ4v) is 5.13. The van der Waals surface area contributed by atoms with Crippen LogP contribution in [-0.4, -0.2) is 59.5 Å². The monoisotopic (exact) mass is 323 g/mol. The lowest BCUT2D eigenvalue weighted by molar-refractivity contribution is -0.138. The van der Waals surface area contributed by atoms with Crippen LogP contribution in [0.4, 0.5) is 0 Å². The molecule has 8 heteroatoms. The molecule has 116 valence electrons. The molecule has 0 aromatic rings. The molecule has 1 amide bonds. The molecule has 0 spiro atoms. The van der Waals surface area contributed by atoms with Crippen LogP contribution in [0.1, 0.15) is 26.7 Å². The van der Waals surface area contributed by atoms with Crippen LogP contribution in [0.3, 0.4) is 0 Å². The van der Waals surface area contributed by atoms with Crippen LogP contribution in [-0.2, 0) is 19.4 Å². The van der Waals surface area contributed by atoms with Crippen molar-refractivity contribution in [3.8, 4) is 0 Å². The zero-order valence-corrected chi connectivity index (χ0v) is 13.4. The second kappa shape index (κ2) is 7.31. The van der Waals surface area contributed by atoms with E-state index in [1.807, 2.05) is 0 Å². The quantitative estimate of drug-likeness (QED) is 0.778. The van der Waals surface area contributed by atoms with E-state index in [1.165, 1.54) is 16.7 Å². The average molecular weight is 323 g/mol. The number of aliphatic carboxylic acids is 1. The van der Waals surface area contributed by atoms with Crippen LogP contribution >= 0.6 is 11.8 Å². The van der Waals surface area contributed by atoms with Crippen LogP contribution in [0, 0.1) is 5.92 Å². The summed E-state index contributed by atoms with van der Waals surface area (Å²) in [5.41, 5.74) is 0. The molecule has 20 heavy (non-hydrogen) atoms. The number of carbonyl (C=O) groups is 2. The van der Waals surface area contributed by atoms with Gasteiger partial charge in [-0.25, -0.2) is 8.42 Å². The number of hydrogen-bond donors (Lipinski definition) is 1. The van der Waals surface area contributed by atoms with Crippen LogP contribution in [0.5, 0.6) is 0 Å². The zero-order valence-electron chi connectivity index (χ0n) is 11.7. The standard InChI is InChI=1S/C12H21NO5S2/c1-3-20(17,18)11-8-19-5-4-13(11)10(14)6-9(2)7-12(15)16/h9,11H,3-8H2,1-2H3,(H,15,16). The Labute approximate surface area is 123 Å². The minimum atomic E-state index is -3.31. The van der Waals surface area contributed by atoms with Crippen LogP contribution in [0.15, 0.2) is 0 Å². The zero-order chi connectivity index (χ0) is 15.3. The molecule has 0 aromatic carbocycles. The summed E-state index contributed by atoms with van der Waals surface area (Å²) in [7, 11) is -3.31. The van der Waals surface area contributed by atoms with E-state index in [2.05, 4.69) is 0 Å². The van der Waals surface area contributed by atoms with Crippen molar-refractivity contribution in [3.05, 3.63) is 0 Å². The predicted octanol–water partition coefficient (Wildman–Crippen LogP) is 0.823. The van der Waals surface area contributed by atoms with Crippen molar-refractivity contribution >= 4 is 33.5 Å². The normalized spacial score (nSPS) is 21.5. The third-order valence-electron chi connectivity index (χ3n) is 3.27. The minimum absolute atomic E-state index is 0.00663. The fraction of sp³-hybridized carbons (Fsp3) is 0.833. The molecule has 1 fully saturated rings. The average Bonchev–Trinajstić information content (AvgIpc) is 2.37. The molecule has 2 unspecified atom stereocenters. The van der Waals surface area contributed by atoms with Gasteiger partial charge in [-0.2, -0.15) is 11.8 Å². The van der Waals surface area contributed by atoms with Crippen molar-refractivity contribution in [2.24, 2.45) is 5.92 Å². The Morgan fingerprint density at radius 1 is 1.40 bits per heavy atom. The van der Waals surface area contributed by atoms with E-state index in [9.17, 15) is 18.0 Å². The lowest BCUT2D eigenvalue weighted by Crippen LogP contribution is -2.51. The highest BCUT2D eigenvalue weighted by Crippen LogP contribution is 2.23. The summed E-state index contributed by atoms with van der Waals surface area (Å²) in [4.78, 5) is 24.2. The van der Waals surface area contributed by atoms with E-state index in [0.29, 0.717) is 12.3 Å². The molecule has 0 radical (unpaired) electrons. The first kappa shape index (κ1) is 17.3. The van der Waals surface area contributed by atoms with Crippen molar-refractivity contribution < 1.29 is 23.1 Å². The minimum Gasteiger partial charge on any atom is -0.481 e. The van der Waals surface area contributed by atoms with Gasteiger partial charge in [0.05, 0.1) is 0 Å². The molecule has 2 atom stereocenters. The second-order valence-electron chi connectivity index (χ2n) is 4.98. The van der Waals surface area contributed by atoms with Crippen LogP contribution in [0.25, 0.3) is 0 Å². The van der Waals surface area contributed by atoms with Gasteiger partial charge in [-0.1, -0.05) is 13.8 Å². The first-order valence-electron chi connectivity index (χ1n) is 6.58. The number of carboxylic acids is 1. The van der Waals surface area contributed by atoms with Gasteiger partial charge in [-0.3, -0.25) is 9.59 Å². The molecular weight excluding hydrogens is 302 g/mol. The molecule has 1 N–H and O–H groups in total. The fourth-order valence-electron chi connectivity index (χ4n) is 2.14. The smallest absolute Gasteiger partial charge is 0.303 e. The van der Waals surface area contributed by atoms with Gasteiger partial charge in [0.2, 0.25) is 5.91 Å². The molecule has 0 bridgehead atoms. The van der Waals surface area contributed by atoms with Gasteiger partial charge < -0.3 is 10.0 Å². The number of nitrogens with zero attached hydrogens (tertiary/aromatic N) is 1. The van der Waals surface area contributed by atoms with E-state index in [0.717, 1.165) is 5.75 Å². The molecule has 1 aliphatic heterocycles. The van der Waals surface area contributed by atoms with Crippen molar-refractivity contribution in [2.75, 3.05) is 23.8 Å². The second-order valence-corrected chi connectivity index (χ2v) is 8.57. The highest BCUT2D eigenvalue weighted by Gasteiger charge is 2.35. The van der Waals surface area contributed by atoms with Crippen molar-refractivity contribution in [1.82, 2.24) is 4.90 Å². The number of thioether (sulfide) groups is 1. The summed E-state index contributed by atoms with van der Waals surface area (Å²) in [6.07, 6.45) is -0.00771. The number of hydrogen-bond acceptors (Lipinski definition) is 5. The van der Waals surface area contributed by atoms with Crippen molar-refractivity contribution in [1.29, 1.82) is 0 Å². The number of sulfone groups is 1. The van der Waals surface area contributed by atoms with Crippen molar-refractivity contribution in [3.63, 3.8) is 0 Å². The Morgan fingerprint density at radius 2 is 2.05 bits per heavy atom. The van der Waals surface area contributed by atoms with E-state index >= 15 is 0 Å². The van der Waals surface area contributed by atoms with E-state index in [1.54, 1.807) is 13.8 Å². The van der Waals surface area contributed by atoms with Gasteiger partial charge in [0, 0.05) is 36.6 Å². The van der Waals surface area contributed by atoms with E-state index in [-0.39, 0.29) is 30.4 Å². The highest BCUT2D eigenvalue weighted by atomic mass is 32.2. The van der Waals surface area contributed by atoms with Crippen LogP contribution in [0.2, 0.25) is 0 Å². The largest absolute Gasteiger partial charge is 0.481 e. The summed E-state index contributed by atoms with van der Waals surface area (Å²) < 4.78 is 24.1. The third kappa shape index (κ3) is 4.66. The van der Waals surface area contributed by atoms with Gasteiger partial charge in [0.25, 0.3) is 0 Å². The number of amides is 1. The molecule has 0 saturated carbocycles. The van der Waals surface area contributed by atoms with E-state index in [4.69, 9.17) is 5.11 Å². The first-order chi connectivity index (χ1) is 9.27. The highest BCUT2D eigenvalue weighted by molar-refractivity contribution is 8.01. The predicted molar refractivity (Wildman–Crippen MR) is 78.3 cm³/mol. The Hall–Kier alpha value is -0.760. The third-order valence-corrected chi connectivity index (χ3v) is 6.56. The summed E-state index contributed by atoms with van der Waals surface area (Å²) >= 11 is 1.53. The number of rotatable bonds is 6. The topological polar surface area (TPSA) is 91.8 Å². The van der Waals surface area contributed by atoms with Gasteiger partial charge in [-0.15, -0.1) is 0 Å². The number of carbonyl (C=O) groups excluding carboxylic acids is 1. The van der Waals surface area contributed by atoms with Gasteiger partial charge in [-0.05, 0) is 5.92 Å². The number of carboxylic acid groups (broad SMARTS) is 1. The maximum Gasteiger partial charge on any atom is 0.303 e.